The summed E-state index contributed by atoms with van der Waals surface area (Å²) in [5.41, 5.74) is 3.20. The summed E-state index contributed by atoms with van der Waals surface area (Å²) in [5, 5.41) is 5.95. The second-order valence-electron chi connectivity index (χ2n) is 5.02. The van der Waals surface area contributed by atoms with Crippen molar-refractivity contribution < 1.29 is 9.53 Å². The first-order valence-electron chi connectivity index (χ1n) is 6.94. The summed E-state index contributed by atoms with van der Waals surface area (Å²) in [6.45, 7) is 3.85. The van der Waals surface area contributed by atoms with Gasteiger partial charge in [0.2, 0.25) is 0 Å². The molecule has 0 spiro atoms. The number of thiocarbonyl (C=S) groups is 1. The molecule has 0 unspecified atom stereocenters. The van der Waals surface area contributed by atoms with Gasteiger partial charge in [0.15, 0.2) is 5.11 Å². The van der Waals surface area contributed by atoms with E-state index in [1.54, 1.807) is 13.2 Å². The van der Waals surface area contributed by atoms with E-state index < -0.39 is 0 Å². The third-order valence-electron chi connectivity index (χ3n) is 3.32. The van der Waals surface area contributed by atoms with Crippen LogP contribution in [0.5, 0.6) is 5.75 Å². The minimum Gasteiger partial charge on any atom is -0.496 e. The minimum absolute atomic E-state index is 0.240. The van der Waals surface area contributed by atoms with Crippen LogP contribution in [0.25, 0.3) is 0 Å². The molecule has 0 saturated heterocycles. The molecular formula is C17H17BrN2O2S. The standard InChI is InChI=1S/C17H17BrN2O2S/c1-10-5-4-6-13(15(10)22-3)16(21)20-17(23)19-14-8-7-12(18)9-11(14)2/h4-9H,1-3H3,(H2,19,20,21,23). The number of benzene rings is 2. The molecule has 0 aromatic heterocycles. The number of nitrogens with one attached hydrogen (secondary N) is 2. The van der Waals surface area contributed by atoms with Crippen molar-refractivity contribution in [2.24, 2.45) is 0 Å². The van der Waals surface area contributed by atoms with Gasteiger partial charge in [0, 0.05) is 10.2 Å². The predicted octanol–water partition coefficient (Wildman–Crippen LogP) is 4.20. The summed E-state index contributed by atoms with van der Waals surface area (Å²) < 4.78 is 6.29. The molecule has 2 aromatic carbocycles. The van der Waals surface area contributed by atoms with Gasteiger partial charge in [-0.15, -0.1) is 0 Å². The van der Waals surface area contributed by atoms with Crippen LogP contribution in [0.4, 0.5) is 5.69 Å². The highest BCUT2D eigenvalue weighted by atomic mass is 79.9. The van der Waals surface area contributed by atoms with Crippen molar-refractivity contribution in [1.29, 1.82) is 0 Å². The van der Waals surface area contributed by atoms with Gasteiger partial charge >= 0.3 is 0 Å². The van der Waals surface area contributed by atoms with Crippen LogP contribution in [0.3, 0.4) is 0 Å². The lowest BCUT2D eigenvalue weighted by atomic mass is 10.1. The van der Waals surface area contributed by atoms with Crippen LogP contribution < -0.4 is 15.4 Å². The summed E-state index contributed by atoms with van der Waals surface area (Å²) in [7, 11) is 1.54. The van der Waals surface area contributed by atoms with Crippen molar-refractivity contribution in [1.82, 2.24) is 5.32 Å². The molecule has 0 radical (unpaired) electrons. The van der Waals surface area contributed by atoms with Crippen LogP contribution in [0, 0.1) is 13.8 Å². The maximum Gasteiger partial charge on any atom is 0.261 e. The Bertz CT molecular complexity index is 762. The molecule has 23 heavy (non-hydrogen) atoms. The van der Waals surface area contributed by atoms with Gasteiger partial charge in [-0.2, -0.15) is 0 Å². The fraction of sp³-hybridized carbons (Fsp3) is 0.176. The third-order valence-corrected chi connectivity index (χ3v) is 4.02. The quantitative estimate of drug-likeness (QED) is 0.768. The first kappa shape index (κ1) is 17.4. The molecule has 6 heteroatoms. The average Bonchev–Trinajstić information content (AvgIpc) is 2.49. The highest BCUT2D eigenvalue weighted by molar-refractivity contribution is 9.10. The fourth-order valence-electron chi connectivity index (χ4n) is 2.19. The predicted molar refractivity (Wildman–Crippen MR) is 100 cm³/mol. The van der Waals surface area contributed by atoms with Crippen LogP contribution >= 0.6 is 28.1 Å². The molecule has 0 fully saturated rings. The van der Waals surface area contributed by atoms with E-state index in [1.807, 2.05) is 44.2 Å². The number of hydrogen-bond donors (Lipinski definition) is 2. The van der Waals surface area contributed by atoms with Gasteiger partial charge in [0.1, 0.15) is 5.75 Å². The summed E-state index contributed by atoms with van der Waals surface area (Å²) in [5.74, 6) is 0.241. The van der Waals surface area contributed by atoms with Crippen molar-refractivity contribution in [3.8, 4) is 5.75 Å². The summed E-state index contributed by atoms with van der Waals surface area (Å²) in [6.07, 6.45) is 0. The van der Waals surface area contributed by atoms with Crippen LogP contribution in [-0.2, 0) is 0 Å². The smallest absolute Gasteiger partial charge is 0.261 e. The molecule has 0 bridgehead atoms. The molecular weight excluding hydrogens is 376 g/mol. The van der Waals surface area contributed by atoms with Gasteiger partial charge in [0.25, 0.3) is 5.91 Å². The Morgan fingerprint density at radius 1 is 1.17 bits per heavy atom. The fourth-order valence-corrected chi connectivity index (χ4v) is 2.87. The van der Waals surface area contributed by atoms with Gasteiger partial charge in [-0.1, -0.05) is 28.1 Å². The largest absolute Gasteiger partial charge is 0.496 e. The van der Waals surface area contributed by atoms with Gasteiger partial charge in [-0.05, 0) is 61.5 Å². The Hall–Kier alpha value is -1.92. The Morgan fingerprint density at radius 3 is 2.57 bits per heavy atom. The Kier molecular flexibility index (Phi) is 5.74. The van der Waals surface area contributed by atoms with Gasteiger partial charge in [0.05, 0.1) is 12.7 Å². The lowest BCUT2D eigenvalue weighted by Crippen LogP contribution is -2.34. The molecule has 0 aliphatic heterocycles. The van der Waals surface area contributed by atoms with Gasteiger partial charge in [-0.25, -0.2) is 0 Å². The second-order valence-corrected chi connectivity index (χ2v) is 6.35. The number of para-hydroxylation sites is 1. The maximum atomic E-state index is 12.4. The van der Waals surface area contributed by atoms with Crippen molar-refractivity contribution >= 4 is 44.9 Å². The molecule has 2 rings (SSSR count). The average molecular weight is 393 g/mol. The number of ether oxygens (including phenoxy) is 1. The van der Waals surface area contributed by atoms with E-state index in [9.17, 15) is 4.79 Å². The molecule has 0 aliphatic rings. The molecule has 2 aromatic rings. The number of amides is 1. The molecule has 0 atom stereocenters. The zero-order valence-corrected chi connectivity index (χ0v) is 15.5. The Morgan fingerprint density at radius 2 is 1.91 bits per heavy atom. The van der Waals surface area contributed by atoms with Crippen molar-refractivity contribution in [3.05, 3.63) is 57.6 Å². The van der Waals surface area contributed by atoms with E-state index in [0.29, 0.717) is 11.3 Å². The monoisotopic (exact) mass is 392 g/mol. The SMILES string of the molecule is COc1c(C)cccc1C(=O)NC(=S)Nc1ccc(Br)cc1C. The third kappa shape index (κ3) is 4.30. The van der Waals surface area contributed by atoms with E-state index in [2.05, 4.69) is 26.6 Å². The number of rotatable bonds is 3. The number of methoxy groups -OCH3 is 1. The van der Waals surface area contributed by atoms with Crippen LogP contribution in [0.1, 0.15) is 21.5 Å². The number of hydrogen-bond acceptors (Lipinski definition) is 3. The molecule has 0 saturated carbocycles. The van der Waals surface area contributed by atoms with Crippen molar-refractivity contribution in [2.45, 2.75) is 13.8 Å². The number of halogens is 1. The van der Waals surface area contributed by atoms with E-state index in [4.69, 9.17) is 17.0 Å². The van der Waals surface area contributed by atoms with Crippen LogP contribution in [0.2, 0.25) is 0 Å². The normalized spacial score (nSPS) is 10.1. The summed E-state index contributed by atoms with van der Waals surface area (Å²) in [4.78, 5) is 12.4. The first-order chi connectivity index (χ1) is 10.9. The first-order valence-corrected chi connectivity index (χ1v) is 8.14. The van der Waals surface area contributed by atoms with Gasteiger partial charge < -0.3 is 10.1 Å². The number of carbonyl (C=O) groups excluding carboxylic acids is 1. The zero-order chi connectivity index (χ0) is 17.0. The maximum absolute atomic E-state index is 12.4. The lowest BCUT2D eigenvalue weighted by molar-refractivity contribution is 0.0974. The molecule has 120 valence electrons. The van der Waals surface area contributed by atoms with Crippen LogP contribution in [-0.4, -0.2) is 18.1 Å². The Balaban J connectivity index is 2.11. The highest BCUT2D eigenvalue weighted by Gasteiger charge is 2.15. The molecule has 1 amide bonds. The zero-order valence-electron chi connectivity index (χ0n) is 13.1. The lowest BCUT2D eigenvalue weighted by Gasteiger charge is -2.14. The van der Waals surface area contributed by atoms with Crippen molar-refractivity contribution in [2.75, 3.05) is 12.4 Å². The van der Waals surface area contributed by atoms with E-state index in [-0.39, 0.29) is 11.0 Å². The summed E-state index contributed by atoms with van der Waals surface area (Å²) >= 11 is 8.63. The molecule has 0 aliphatic carbocycles. The minimum atomic E-state index is -0.308. The molecule has 0 heterocycles. The molecule has 4 nitrogen and oxygen atoms in total. The topological polar surface area (TPSA) is 50.4 Å². The number of aryl methyl sites for hydroxylation is 2. The van der Waals surface area contributed by atoms with Crippen molar-refractivity contribution in [3.63, 3.8) is 0 Å². The van der Waals surface area contributed by atoms with Crippen LogP contribution in [0.15, 0.2) is 40.9 Å². The molecule has 2 N–H and O–H groups in total. The highest BCUT2D eigenvalue weighted by Crippen LogP contribution is 2.23. The van der Waals surface area contributed by atoms with E-state index >= 15 is 0 Å². The Labute approximate surface area is 149 Å². The van der Waals surface area contributed by atoms with E-state index in [1.165, 1.54) is 0 Å². The second kappa shape index (κ2) is 7.57. The number of carbonyl (C=O) groups is 1. The number of anilines is 1. The summed E-state index contributed by atoms with van der Waals surface area (Å²) in [6, 6.07) is 11.2. The van der Waals surface area contributed by atoms with E-state index in [0.717, 1.165) is 21.3 Å². The van der Waals surface area contributed by atoms with Gasteiger partial charge in [-0.3, -0.25) is 10.1 Å².